The molecule has 1 saturated carbocycles. The van der Waals surface area contributed by atoms with E-state index in [-0.39, 0.29) is 24.9 Å². The molecule has 8 heteroatoms. The van der Waals surface area contributed by atoms with Crippen LogP contribution in [-0.4, -0.2) is 76.4 Å². The van der Waals surface area contributed by atoms with Crippen LogP contribution >= 0.6 is 0 Å². The number of carboxylic acids is 1. The number of amides is 1. The number of hydrogen-bond acceptors (Lipinski definition) is 6. The average molecular weight is 385 g/mol. The number of carbonyl (C=O) groups excluding carboxylic acids is 1. The first-order chi connectivity index (χ1) is 13.2. The molecule has 8 nitrogen and oxygen atoms in total. The molecule has 0 heterocycles. The van der Waals surface area contributed by atoms with Crippen LogP contribution in [0.2, 0.25) is 0 Å². The lowest BCUT2D eigenvalue weighted by atomic mass is 9.93. The van der Waals surface area contributed by atoms with Gasteiger partial charge in [-0.05, 0) is 24.7 Å². The van der Waals surface area contributed by atoms with Crippen molar-refractivity contribution < 1.29 is 33.6 Å². The number of ether oxygens (including phenoxy) is 4. The third-order valence-electron chi connectivity index (χ3n) is 4.74. The normalized spacial score (nSPS) is 23.0. The first-order valence-electron chi connectivity index (χ1n) is 9.65. The molecule has 2 N–H and O–H groups in total. The summed E-state index contributed by atoms with van der Waals surface area (Å²) in [6.45, 7) is 3.87. The summed E-state index contributed by atoms with van der Waals surface area (Å²) in [6, 6.07) is 0. The van der Waals surface area contributed by atoms with Crippen LogP contribution < -0.4 is 5.32 Å². The van der Waals surface area contributed by atoms with Crippen molar-refractivity contribution >= 4 is 11.9 Å². The highest BCUT2D eigenvalue weighted by atomic mass is 16.6. The van der Waals surface area contributed by atoms with Crippen molar-refractivity contribution in [2.75, 3.05) is 59.4 Å². The van der Waals surface area contributed by atoms with Crippen molar-refractivity contribution in [3.8, 4) is 0 Å². The molecule has 0 aliphatic heterocycles. The van der Waals surface area contributed by atoms with Gasteiger partial charge in [-0.2, -0.15) is 0 Å². The molecule has 3 unspecified atom stereocenters. The van der Waals surface area contributed by atoms with Crippen LogP contribution in [0.4, 0.5) is 0 Å². The van der Waals surface area contributed by atoms with E-state index >= 15 is 0 Å². The number of allylic oxidation sites excluding steroid dienone is 2. The number of aliphatic carboxylic acids is 1. The van der Waals surface area contributed by atoms with Gasteiger partial charge in [0.05, 0.1) is 59.3 Å². The fraction of sp³-hybridized carbons (Fsp3) is 0.789. The van der Waals surface area contributed by atoms with Crippen LogP contribution in [0.1, 0.15) is 19.3 Å². The van der Waals surface area contributed by atoms with Gasteiger partial charge < -0.3 is 29.4 Å². The maximum Gasteiger partial charge on any atom is 0.305 e. The highest BCUT2D eigenvalue weighted by Crippen LogP contribution is 2.43. The van der Waals surface area contributed by atoms with Crippen LogP contribution in [0.15, 0.2) is 12.2 Å². The van der Waals surface area contributed by atoms with Gasteiger partial charge in [-0.1, -0.05) is 12.2 Å². The molecule has 27 heavy (non-hydrogen) atoms. The average Bonchev–Trinajstić information content (AvgIpc) is 3.28. The van der Waals surface area contributed by atoms with Crippen molar-refractivity contribution in [1.82, 2.24) is 5.32 Å². The first-order valence-corrected chi connectivity index (χ1v) is 9.65. The van der Waals surface area contributed by atoms with Gasteiger partial charge >= 0.3 is 5.97 Å². The summed E-state index contributed by atoms with van der Waals surface area (Å²) in [5.74, 6) is 0.462. The van der Waals surface area contributed by atoms with Crippen LogP contribution in [-0.2, 0) is 28.5 Å². The number of fused-ring (bicyclic) bond motifs is 2. The second-order valence-electron chi connectivity index (χ2n) is 6.77. The molecule has 1 amide bonds. The van der Waals surface area contributed by atoms with Crippen molar-refractivity contribution in [1.29, 1.82) is 0 Å². The fourth-order valence-electron chi connectivity index (χ4n) is 3.38. The Balaban J connectivity index is 1.28. The van der Waals surface area contributed by atoms with E-state index < -0.39 is 5.97 Å². The lowest BCUT2D eigenvalue weighted by Crippen LogP contribution is -2.35. The van der Waals surface area contributed by atoms with Crippen LogP contribution in [0.5, 0.6) is 0 Å². The zero-order valence-electron chi connectivity index (χ0n) is 15.8. The molecule has 0 aromatic heterocycles. The maximum atomic E-state index is 12.1. The Morgan fingerprint density at radius 1 is 0.852 bits per heavy atom. The lowest BCUT2D eigenvalue weighted by Gasteiger charge is -2.17. The van der Waals surface area contributed by atoms with Crippen molar-refractivity contribution in [3.05, 3.63) is 12.2 Å². The van der Waals surface area contributed by atoms with E-state index in [2.05, 4.69) is 17.5 Å². The van der Waals surface area contributed by atoms with Gasteiger partial charge in [-0.3, -0.25) is 9.59 Å². The summed E-state index contributed by atoms with van der Waals surface area (Å²) < 4.78 is 21.2. The molecule has 0 saturated heterocycles. The molecule has 0 spiro atoms. The summed E-state index contributed by atoms with van der Waals surface area (Å²) in [5.41, 5.74) is 0. The minimum absolute atomic E-state index is 0.00566. The van der Waals surface area contributed by atoms with Crippen molar-refractivity contribution in [2.45, 2.75) is 19.3 Å². The molecular weight excluding hydrogens is 354 g/mol. The Labute approximate surface area is 160 Å². The van der Waals surface area contributed by atoms with E-state index in [1.807, 2.05) is 0 Å². The van der Waals surface area contributed by atoms with E-state index in [0.717, 1.165) is 12.8 Å². The first kappa shape index (κ1) is 21.8. The SMILES string of the molecule is O=C(O)CCOCCOCCOCCOCCNC(=O)C1CC2C=CC1C2. The number of rotatable bonds is 16. The van der Waals surface area contributed by atoms with Gasteiger partial charge in [0.2, 0.25) is 5.91 Å². The molecule has 2 bridgehead atoms. The number of carboxylic acid groups (broad SMARTS) is 1. The van der Waals surface area contributed by atoms with Crippen LogP contribution in [0.3, 0.4) is 0 Å². The third-order valence-corrected chi connectivity index (χ3v) is 4.74. The number of hydrogen-bond donors (Lipinski definition) is 2. The van der Waals surface area contributed by atoms with E-state index in [9.17, 15) is 9.59 Å². The van der Waals surface area contributed by atoms with E-state index in [1.54, 1.807) is 0 Å². The Bertz CT molecular complexity index is 483. The van der Waals surface area contributed by atoms with Gasteiger partial charge in [0.25, 0.3) is 0 Å². The van der Waals surface area contributed by atoms with Gasteiger partial charge in [0.15, 0.2) is 0 Å². The Morgan fingerprint density at radius 2 is 1.44 bits per heavy atom. The monoisotopic (exact) mass is 385 g/mol. The summed E-state index contributed by atoms with van der Waals surface area (Å²) in [6.07, 6.45) is 6.54. The molecule has 2 rings (SSSR count). The Morgan fingerprint density at radius 3 is 1.96 bits per heavy atom. The highest BCUT2D eigenvalue weighted by Gasteiger charge is 2.39. The second-order valence-corrected chi connectivity index (χ2v) is 6.77. The maximum absolute atomic E-state index is 12.1. The van der Waals surface area contributed by atoms with Crippen molar-refractivity contribution in [3.63, 3.8) is 0 Å². The molecule has 0 aromatic rings. The molecule has 0 aromatic carbocycles. The number of nitrogens with one attached hydrogen (secondary N) is 1. The predicted molar refractivity (Wildman–Crippen MR) is 97.4 cm³/mol. The van der Waals surface area contributed by atoms with E-state index in [0.29, 0.717) is 64.6 Å². The van der Waals surface area contributed by atoms with Crippen LogP contribution in [0, 0.1) is 17.8 Å². The smallest absolute Gasteiger partial charge is 0.305 e. The van der Waals surface area contributed by atoms with Crippen LogP contribution in [0.25, 0.3) is 0 Å². The second kappa shape index (κ2) is 12.8. The van der Waals surface area contributed by atoms with Gasteiger partial charge in [0.1, 0.15) is 0 Å². The number of carbonyl (C=O) groups is 2. The molecule has 2 aliphatic carbocycles. The van der Waals surface area contributed by atoms with E-state index in [1.165, 1.54) is 0 Å². The molecule has 154 valence electrons. The molecule has 1 fully saturated rings. The molecule has 0 radical (unpaired) electrons. The summed E-state index contributed by atoms with van der Waals surface area (Å²) in [5, 5.41) is 11.4. The minimum atomic E-state index is -0.869. The van der Waals surface area contributed by atoms with E-state index in [4.69, 9.17) is 24.1 Å². The minimum Gasteiger partial charge on any atom is -0.481 e. The quantitative estimate of drug-likeness (QED) is 0.300. The van der Waals surface area contributed by atoms with Gasteiger partial charge in [-0.25, -0.2) is 0 Å². The molecule has 3 atom stereocenters. The molecular formula is C19H31NO7. The zero-order valence-corrected chi connectivity index (χ0v) is 15.8. The Hall–Kier alpha value is -1.48. The van der Waals surface area contributed by atoms with Gasteiger partial charge in [-0.15, -0.1) is 0 Å². The predicted octanol–water partition coefficient (Wildman–Crippen LogP) is 0.856. The van der Waals surface area contributed by atoms with Gasteiger partial charge in [0, 0.05) is 12.5 Å². The lowest BCUT2D eigenvalue weighted by molar-refractivity contribution is -0.138. The summed E-state index contributed by atoms with van der Waals surface area (Å²) in [7, 11) is 0. The third kappa shape index (κ3) is 8.83. The Kier molecular flexibility index (Phi) is 10.4. The topological polar surface area (TPSA) is 103 Å². The molecule has 2 aliphatic rings. The zero-order chi connectivity index (χ0) is 19.3. The summed E-state index contributed by atoms with van der Waals surface area (Å²) >= 11 is 0. The highest BCUT2D eigenvalue weighted by molar-refractivity contribution is 5.79. The standard InChI is InChI=1S/C19H31NO7/c21-18(22)3-5-24-7-9-26-11-12-27-10-8-25-6-4-20-19(23)17-14-15-1-2-16(17)13-15/h1-2,15-17H,3-14H2,(H,20,23)(H,21,22). The van der Waals surface area contributed by atoms with Crippen molar-refractivity contribution in [2.24, 2.45) is 17.8 Å². The fourth-order valence-corrected chi connectivity index (χ4v) is 3.38. The summed E-state index contributed by atoms with van der Waals surface area (Å²) in [4.78, 5) is 22.4. The largest absolute Gasteiger partial charge is 0.481 e.